The highest BCUT2D eigenvalue weighted by Gasteiger charge is 2.85. The summed E-state index contributed by atoms with van der Waals surface area (Å²) in [5.41, 5.74) is -2.60. The summed E-state index contributed by atoms with van der Waals surface area (Å²) in [6.07, 6.45) is 12.4. The number of carbonyl (C=O) groups excluding carboxylic acids is 5. The number of benzene rings is 1. The third-order valence-corrected chi connectivity index (χ3v) is 18.1. The number of hydrogen-bond acceptors (Lipinski definition) is 8. The molecular weight excluding hydrogens is 819 g/mol. The lowest BCUT2D eigenvalue weighted by atomic mass is 9.73. The molecule has 6 aliphatic rings. The van der Waals surface area contributed by atoms with E-state index in [0.29, 0.717) is 18.7 Å². The van der Waals surface area contributed by atoms with Crippen LogP contribution in [0.2, 0.25) is 0 Å². The Morgan fingerprint density at radius 3 is 2.06 bits per heavy atom. The lowest BCUT2D eigenvalue weighted by Crippen LogP contribution is -2.63. The molecule has 6 fully saturated rings. The van der Waals surface area contributed by atoms with Crippen LogP contribution in [0, 0.1) is 33.5 Å². The second-order valence-corrected chi connectivity index (χ2v) is 23.3. The fourth-order valence-electron chi connectivity index (χ4n) is 12.5. The molecule has 63 heavy (non-hydrogen) atoms. The second kappa shape index (κ2) is 17.1. The van der Waals surface area contributed by atoms with E-state index in [-0.39, 0.29) is 46.6 Å². The van der Waals surface area contributed by atoms with Gasteiger partial charge >= 0.3 is 10.2 Å². The van der Waals surface area contributed by atoms with Crippen molar-refractivity contribution in [2.75, 3.05) is 24.4 Å². The lowest BCUT2D eigenvalue weighted by Gasteiger charge is -2.40. The molecule has 1 aromatic carbocycles. The minimum Gasteiger partial charge on any atom is -0.343 e. The fourth-order valence-corrected chi connectivity index (χ4v) is 13.4. The van der Waals surface area contributed by atoms with E-state index in [0.717, 1.165) is 81.5 Å². The average Bonchev–Trinajstić information content (AvgIpc) is 3.96. The van der Waals surface area contributed by atoms with Gasteiger partial charge in [-0.05, 0) is 106 Å². The molecule has 2 heterocycles. The summed E-state index contributed by atoms with van der Waals surface area (Å²) < 4.78 is 30.2. The lowest BCUT2D eigenvalue weighted by molar-refractivity contribution is -0.145. The van der Waals surface area contributed by atoms with Crippen LogP contribution in [0.3, 0.4) is 0 Å². The van der Waals surface area contributed by atoms with Gasteiger partial charge in [0.1, 0.15) is 23.7 Å². The van der Waals surface area contributed by atoms with Crippen molar-refractivity contribution >= 4 is 45.4 Å². The zero-order valence-electron chi connectivity index (χ0n) is 38.9. The largest absolute Gasteiger partial charge is 0.343 e. The molecule has 14 nitrogen and oxygen atoms in total. The maximum atomic E-state index is 15.4. The van der Waals surface area contributed by atoms with Crippen LogP contribution in [0.1, 0.15) is 132 Å². The summed E-state index contributed by atoms with van der Waals surface area (Å²) in [4.78, 5) is 77.0. The summed E-state index contributed by atoms with van der Waals surface area (Å²) in [7, 11) is -3.02. The first-order valence-electron chi connectivity index (χ1n) is 23.6. The van der Waals surface area contributed by atoms with Crippen molar-refractivity contribution in [3.8, 4) is 0 Å². The topological polar surface area (TPSA) is 177 Å². The summed E-state index contributed by atoms with van der Waals surface area (Å²) in [5, 5.41) is 9.32. The number of para-hydroxylation sites is 1. The standard InChI is InChI=1S/C48H73N7O7S/c1-10-33-28-48(33,43(60)52-63(61,62)53(9)34-22-15-12-16-23-34)51-40(57)36-29-47(45(7,8)46(47)25-19-26-46)30-55(36)42(59)38(44(4,5)6)50-41(58)37(32-20-13-11-14-21-32)49-39(56)35-24-17-18-27-54(35)31(2)3/h10,12,15-16,22-23,31-33,35-38H,1,11,13-14,17-21,24-30H2,2-9H3,(H,49,56)(H,50,58)(H,51,57)(H,52,60)/t33-,35+,36?,37?,38-,47?,48-/m1/s1. The molecule has 3 unspecified atom stereocenters. The van der Waals surface area contributed by atoms with Gasteiger partial charge in [-0.1, -0.05) is 91.0 Å². The van der Waals surface area contributed by atoms with Gasteiger partial charge in [-0.3, -0.25) is 33.2 Å². The molecular formula is C48H73N7O7S. The number of hydrogen-bond donors (Lipinski definition) is 4. The van der Waals surface area contributed by atoms with Crippen LogP contribution in [-0.2, 0) is 34.2 Å². The van der Waals surface area contributed by atoms with E-state index in [4.69, 9.17) is 0 Å². The fraction of sp³-hybridized carbons (Fsp3) is 0.729. The Kier molecular flexibility index (Phi) is 12.8. The molecule has 7 rings (SSSR count). The summed E-state index contributed by atoms with van der Waals surface area (Å²) in [6, 6.07) is 5.35. The number of likely N-dealkylation sites (tertiary alicyclic amines) is 2. The molecule has 7 atom stereocenters. The first kappa shape index (κ1) is 47.0. The van der Waals surface area contributed by atoms with Gasteiger partial charge in [-0.25, -0.2) is 4.72 Å². The van der Waals surface area contributed by atoms with Crippen molar-refractivity contribution in [2.24, 2.45) is 33.5 Å². The quantitative estimate of drug-likeness (QED) is 0.184. The van der Waals surface area contributed by atoms with Crippen LogP contribution >= 0.6 is 0 Å². The third-order valence-electron chi connectivity index (χ3n) is 16.8. The van der Waals surface area contributed by atoms with Crippen LogP contribution in [0.5, 0.6) is 0 Å². The van der Waals surface area contributed by atoms with Crippen LogP contribution in [0.4, 0.5) is 5.69 Å². The number of nitrogens with zero attached hydrogens (tertiary/aromatic N) is 3. The minimum absolute atomic E-state index is 0.0399. The molecule has 2 spiro atoms. The number of amides is 5. The minimum atomic E-state index is -4.36. The number of anilines is 1. The van der Waals surface area contributed by atoms with Crippen LogP contribution < -0.4 is 25.0 Å². The van der Waals surface area contributed by atoms with Gasteiger partial charge in [0.2, 0.25) is 23.6 Å². The predicted octanol–water partition coefficient (Wildman–Crippen LogP) is 5.20. The summed E-state index contributed by atoms with van der Waals surface area (Å²) >= 11 is 0. The zero-order valence-corrected chi connectivity index (χ0v) is 39.7. The Morgan fingerprint density at radius 1 is 0.857 bits per heavy atom. The number of piperidine rings is 1. The van der Waals surface area contributed by atoms with Crippen molar-refractivity contribution in [3.05, 3.63) is 43.0 Å². The third kappa shape index (κ3) is 8.20. The first-order chi connectivity index (χ1) is 29.6. The van der Waals surface area contributed by atoms with Gasteiger partial charge < -0.3 is 20.9 Å². The monoisotopic (exact) mass is 892 g/mol. The molecule has 0 radical (unpaired) electrons. The Morgan fingerprint density at radius 2 is 1.51 bits per heavy atom. The molecule has 0 aromatic heterocycles. The van der Waals surface area contributed by atoms with E-state index < -0.39 is 68.8 Å². The molecule has 2 aliphatic heterocycles. The van der Waals surface area contributed by atoms with Gasteiger partial charge in [-0.2, -0.15) is 8.42 Å². The van der Waals surface area contributed by atoms with Crippen LogP contribution in [-0.4, -0.2) is 104 Å². The van der Waals surface area contributed by atoms with E-state index in [2.05, 4.69) is 59.8 Å². The molecule has 15 heteroatoms. The number of fused-ring (bicyclic) bond motifs is 1. The van der Waals surface area contributed by atoms with Gasteiger partial charge in [0, 0.05) is 31.0 Å². The van der Waals surface area contributed by atoms with Crippen molar-refractivity contribution in [1.29, 1.82) is 0 Å². The zero-order chi connectivity index (χ0) is 45.9. The van der Waals surface area contributed by atoms with E-state index in [1.54, 1.807) is 41.3 Å². The molecule has 2 saturated heterocycles. The molecule has 5 amide bonds. The number of rotatable bonds is 14. The summed E-state index contributed by atoms with van der Waals surface area (Å²) in [5.74, 6) is -2.97. The molecule has 348 valence electrons. The molecule has 1 aromatic rings. The van der Waals surface area contributed by atoms with Gasteiger partial charge in [-0.15, -0.1) is 6.58 Å². The van der Waals surface area contributed by atoms with Gasteiger partial charge in [0.05, 0.1) is 11.7 Å². The average molecular weight is 892 g/mol. The van der Waals surface area contributed by atoms with Crippen molar-refractivity contribution in [1.82, 2.24) is 30.5 Å². The van der Waals surface area contributed by atoms with Gasteiger partial charge in [0.15, 0.2) is 0 Å². The van der Waals surface area contributed by atoms with E-state index in [1.807, 2.05) is 20.8 Å². The van der Waals surface area contributed by atoms with Crippen molar-refractivity contribution in [2.45, 2.75) is 168 Å². The van der Waals surface area contributed by atoms with Gasteiger partial charge in [0.25, 0.3) is 5.91 Å². The number of nitrogens with one attached hydrogen (secondary N) is 4. The summed E-state index contributed by atoms with van der Waals surface area (Å²) in [6.45, 7) is 19.3. The Labute approximate surface area is 375 Å². The van der Waals surface area contributed by atoms with E-state index in [9.17, 15) is 27.6 Å². The van der Waals surface area contributed by atoms with E-state index in [1.165, 1.54) is 7.05 Å². The maximum Gasteiger partial charge on any atom is 0.325 e. The Hall–Kier alpha value is -3.98. The maximum absolute atomic E-state index is 15.4. The smallest absolute Gasteiger partial charge is 0.325 e. The highest BCUT2D eigenvalue weighted by molar-refractivity contribution is 7.91. The second-order valence-electron chi connectivity index (χ2n) is 21.6. The predicted molar refractivity (Wildman–Crippen MR) is 243 cm³/mol. The van der Waals surface area contributed by atoms with Crippen LogP contribution in [0.25, 0.3) is 0 Å². The Balaban J connectivity index is 1.15. The van der Waals surface area contributed by atoms with Crippen LogP contribution in [0.15, 0.2) is 43.0 Å². The highest BCUT2D eigenvalue weighted by Crippen LogP contribution is 2.88. The van der Waals surface area contributed by atoms with Crippen molar-refractivity contribution < 1.29 is 32.4 Å². The molecule has 4 N–H and O–H groups in total. The molecule has 0 bridgehead atoms. The molecule has 4 aliphatic carbocycles. The van der Waals surface area contributed by atoms with E-state index >= 15 is 4.79 Å². The normalized spacial score (nSPS) is 29.9. The number of carbonyl (C=O) groups is 5. The highest BCUT2D eigenvalue weighted by atomic mass is 32.2. The molecule has 4 saturated carbocycles. The SMILES string of the molecule is C=C[C@@H]1C[C@]1(NC(=O)C1CC2(CN1C(=O)[C@@H](NC(=O)C(NC(=O)[C@@H]1CCCCN1C(C)C)C1CCCCC1)C(C)(C)C)C(C)(C)C21CCC1)C(=O)NS(=O)(=O)N(C)c1ccccc1. The van der Waals surface area contributed by atoms with Crippen molar-refractivity contribution in [3.63, 3.8) is 0 Å². The Bertz CT molecular complexity index is 2060. The first-order valence-corrected chi connectivity index (χ1v) is 25.0.